The van der Waals surface area contributed by atoms with Crippen LogP contribution in [0, 0.1) is 0 Å². The Hall–Kier alpha value is -1.40. The number of carbonyl (C=O) groups excluding carboxylic acids is 1. The second-order valence-electron chi connectivity index (χ2n) is 4.96. The van der Waals surface area contributed by atoms with Gasteiger partial charge in [-0.15, -0.1) is 0 Å². The topological polar surface area (TPSA) is 59.3 Å². The predicted octanol–water partition coefficient (Wildman–Crippen LogP) is 4.36. The average molecular weight is 429 g/mol. The van der Waals surface area contributed by atoms with E-state index < -0.39 is 11.9 Å². The fraction of sp³-hybridized carbons (Fsp3) is 0.250. The number of hydrogen-bond donors (Lipinski definition) is 1. The molecule has 0 radical (unpaired) electrons. The van der Waals surface area contributed by atoms with Crippen LogP contribution in [0.15, 0.2) is 39.3 Å². The monoisotopic (exact) mass is 427 g/mol. The minimum atomic E-state index is -0.891. The normalized spacial score (nSPS) is 12.2. The van der Waals surface area contributed by atoms with Crippen LogP contribution in [0.4, 0.5) is 0 Å². The third kappa shape index (κ3) is 3.17. The van der Waals surface area contributed by atoms with Gasteiger partial charge in [0, 0.05) is 27.3 Å². The molecule has 1 N–H and O–H groups in total. The molecule has 0 fully saturated rings. The van der Waals surface area contributed by atoms with Gasteiger partial charge in [-0.25, -0.2) is 0 Å². The van der Waals surface area contributed by atoms with Gasteiger partial charge < -0.3 is 9.67 Å². The Labute approximate surface area is 145 Å². The third-order valence-electron chi connectivity index (χ3n) is 3.61. The summed E-state index contributed by atoms with van der Waals surface area (Å²) >= 11 is 6.72. The highest BCUT2D eigenvalue weighted by molar-refractivity contribution is 9.10. The van der Waals surface area contributed by atoms with E-state index in [1.54, 1.807) is 41.9 Å². The zero-order chi connectivity index (χ0) is 16.4. The maximum Gasteiger partial charge on any atom is 0.312 e. The lowest BCUT2D eigenvalue weighted by molar-refractivity contribution is -0.139. The molecule has 4 nitrogen and oxygen atoms in total. The summed E-state index contributed by atoms with van der Waals surface area (Å²) in [6.45, 7) is 1.82. The molecular formula is C16H15Br2NO3. The van der Waals surface area contributed by atoms with Crippen LogP contribution in [0.3, 0.4) is 0 Å². The summed E-state index contributed by atoms with van der Waals surface area (Å²) in [6, 6.07) is 8.79. The first kappa shape index (κ1) is 17.0. The van der Waals surface area contributed by atoms with Crippen LogP contribution in [-0.2, 0) is 11.8 Å². The van der Waals surface area contributed by atoms with Crippen molar-refractivity contribution in [2.24, 2.45) is 7.05 Å². The summed E-state index contributed by atoms with van der Waals surface area (Å²) in [4.78, 5) is 24.0. The van der Waals surface area contributed by atoms with Crippen molar-refractivity contribution < 1.29 is 14.7 Å². The maximum absolute atomic E-state index is 12.7. The lowest BCUT2D eigenvalue weighted by Crippen LogP contribution is -2.16. The Morgan fingerprint density at radius 2 is 1.82 bits per heavy atom. The summed E-state index contributed by atoms with van der Waals surface area (Å²) in [5, 5.41) is 9.32. The van der Waals surface area contributed by atoms with E-state index >= 15 is 0 Å². The first-order valence-corrected chi connectivity index (χ1v) is 8.33. The number of carbonyl (C=O) groups is 2. The fourth-order valence-electron chi connectivity index (χ4n) is 2.43. The van der Waals surface area contributed by atoms with Gasteiger partial charge in [0.15, 0.2) is 0 Å². The van der Waals surface area contributed by atoms with Crippen LogP contribution in [0.25, 0.3) is 0 Å². The lowest BCUT2D eigenvalue weighted by Gasteiger charge is -2.12. The second-order valence-corrected chi connectivity index (χ2v) is 6.73. The number of nitrogens with zero attached hydrogens (tertiary/aromatic N) is 1. The number of aliphatic carboxylic acids is 1. The summed E-state index contributed by atoms with van der Waals surface area (Å²) in [5.74, 6) is -1.67. The molecule has 2 rings (SSSR count). The van der Waals surface area contributed by atoms with E-state index in [4.69, 9.17) is 0 Å². The van der Waals surface area contributed by atoms with Gasteiger partial charge in [-0.05, 0) is 52.7 Å². The zero-order valence-corrected chi connectivity index (χ0v) is 15.3. The quantitative estimate of drug-likeness (QED) is 0.719. The Balaban J connectivity index is 2.48. The van der Waals surface area contributed by atoms with E-state index in [0.29, 0.717) is 27.8 Å². The minimum absolute atomic E-state index is 0.145. The number of ketones is 1. The van der Waals surface area contributed by atoms with Crippen molar-refractivity contribution in [2.75, 3.05) is 0 Å². The van der Waals surface area contributed by atoms with E-state index in [1.807, 2.05) is 6.92 Å². The molecule has 0 amide bonds. The Kier molecular flexibility index (Phi) is 5.24. The van der Waals surface area contributed by atoms with Crippen LogP contribution in [0.2, 0.25) is 0 Å². The molecule has 0 aliphatic carbocycles. The molecule has 6 heteroatoms. The summed E-state index contributed by atoms with van der Waals surface area (Å²) in [7, 11) is 1.72. The summed E-state index contributed by atoms with van der Waals surface area (Å²) in [5.41, 5.74) is 1.62. The molecule has 1 aromatic heterocycles. The minimum Gasteiger partial charge on any atom is -0.481 e. The third-order valence-corrected chi connectivity index (χ3v) is 4.74. The number of carboxylic acids is 1. The molecule has 1 heterocycles. The van der Waals surface area contributed by atoms with Crippen LogP contribution in [0.1, 0.15) is 41.0 Å². The van der Waals surface area contributed by atoms with Gasteiger partial charge in [-0.1, -0.05) is 22.9 Å². The summed E-state index contributed by atoms with van der Waals surface area (Å²) in [6.07, 6.45) is 0.464. The molecular weight excluding hydrogens is 414 g/mol. The van der Waals surface area contributed by atoms with Crippen molar-refractivity contribution >= 4 is 43.6 Å². The second kappa shape index (κ2) is 6.79. The van der Waals surface area contributed by atoms with Crippen molar-refractivity contribution in [3.05, 3.63) is 56.2 Å². The highest BCUT2D eigenvalue weighted by atomic mass is 79.9. The van der Waals surface area contributed by atoms with Crippen LogP contribution >= 0.6 is 31.9 Å². The number of rotatable bonds is 5. The SMILES string of the molecule is CCC(C(=O)O)c1cc(Br)c(C(=O)c2ccc(Br)cc2)n1C. The van der Waals surface area contributed by atoms with Crippen molar-refractivity contribution in [1.29, 1.82) is 0 Å². The molecule has 0 saturated carbocycles. The molecule has 1 unspecified atom stereocenters. The molecule has 116 valence electrons. The molecule has 0 spiro atoms. The number of benzene rings is 1. The standard InChI is InChI=1S/C16H15Br2NO3/c1-3-11(16(21)22)13-8-12(18)14(19(13)2)15(20)9-4-6-10(17)7-5-9/h4-8,11H,3H2,1-2H3,(H,21,22). The van der Waals surface area contributed by atoms with E-state index in [9.17, 15) is 14.7 Å². The van der Waals surface area contributed by atoms with Crippen molar-refractivity contribution in [3.63, 3.8) is 0 Å². The van der Waals surface area contributed by atoms with Crippen LogP contribution in [0.5, 0.6) is 0 Å². The van der Waals surface area contributed by atoms with Gasteiger partial charge >= 0.3 is 5.97 Å². The lowest BCUT2D eigenvalue weighted by atomic mass is 10.0. The highest BCUT2D eigenvalue weighted by Crippen LogP contribution is 2.30. The van der Waals surface area contributed by atoms with Gasteiger partial charge in [0.05, 0.1) is 5.92 Å². The predicted molar refractivity (Wildman–Crippen MR) is 91.4 cm³/mol. The van der Waals surface area contributed by atoms with E-state index in [0.717, 1.165) is 4.47 Å². The van der Waals surface area contributed by atoms with Crippen LogP contribution < -0.4 is 0 Å². The highest BCUT2D eigenvalue weighted by Gasteiger charge is 2.26. The molecule has 1 atom stereocenters. The van der Waals surface area contributed by atoms with E-state index in [1.165, 1.54) is 0 Å². The Morgan fingerprint density at radius 1 is 1.23 bits per heavy atom. The number of carboxylic acid groups (broad SMARTS) is 1. The zero-order valence-electron chi connectivity index (χ0n) is 12.1. The first-order chi connectivity index (χ1) is 10.4. The molecule has 0 bridgehead atoms. The van der Waals surface area contributed by atoms with Crippen molar-refractivity contribution in [2.45, 2.75) is 19.3 Å². The summed E-state index contributed by atoms with van der Waals surface area (Å²) < 4.78 is 3.17. The van der Waals surface area contributed by atoms with Gasteiger partial charge in [-0.3, -0.25) is 9.59 Å². The fourth-order valence-corrected chi connectivity index (χ4v) is 3.37. The Bertz CT molecular complexity index is 720. The van der Waals surface area contributed by atoms with Gasteiger partial charge in [0.25, 0.3) is 0 Å². The number of halogens is 2. The van der Waals surface area contributed by atoms with E-state index in [-0.39, 0.29) is 5.78 Å². The molecule has 2 aromatic rings. The largest absolute Gasteiger partial charge is 0.481 e. The van der Waals surface area contributed by atoms with Gasteiger partial charge in [-0.2, -0.15) is 0 Å². The number of aromatic nitrogens is 1. The van der Waals surface area contributed by atoms with Crippen molar-refractivity contribution in [3.8, 4) is 0 Å². The molecule has 22 heavy (non-hydrogen) atoms. The van der Waals surface area contributed by atoms with Crippen molar-refractivity contribution in [1.82, 2.24) is 4.57 Å². The van der Waals surface area contributed by atoms with Crippen LogP contribution in [-0.4, -0.2) is 21.4 Å². The average Bonchev–Trinajstić information content (AvgIpc) is 2.75. The van der Waals surface area contributed by atoms with Gasteiger partial charge in [0.1, 0.15) is 5.69 Å². The first-order valence-electron chi connectivity index (χ1n) is 6.75. The molecule has 0 aliphatic rings. The molecule has 0 saturated heterocycles. The molecule has 1 aromatic carbocycles. The molecule has 0 aliphatic heterocycles. The number of hydrogen-bond acceptors (Lipinski definition) is 2. The van der Waals surface area contributed by atoms with E-state index in [2.05, 4.69) is 31.9 Å². The maximum atomic E-state index is 12.7. The van der Waals surface area contributed by atoms with Gasteiger partial charge in [0.2, 0.25) is 5.78 Å². The smallest absolute Gasteiger partial charge is 0.312 e. The Morgan fingerprint density at radius 3 is 2.32 bits per heavy atom.